The van der Waals surface area contributed by atoms with Crippen LogP contribution < -0.4 is 15.4 Å². The van der Waals surface area contributed by atoms with Gasteiger partial charge in [0.1, 0.15) is 5.02 Å². The van der Waals surface area contributed by atoms with Crippen LogP contribution in [0.2, 0.25) is 5.02 Å². The molecule has 5 rings (SSSR count). The Hall–Kier alpha value is -2.15. The molecule has 2 aromatic rings. The van der Waals surface area contributed by atoms with Gasteiger partial charge < -0.3 is 9.80 Å². The topological polar surface area (TPSA) is 67.2 Å². The third-order valence-electron chi connectivity index (χ3n) is 4.38. The van der Waals surface area contributed by atoms with E-state index in [1.54, 1.807) is 25.6 Å². The van der Waals surface area contributed by atoms with Crippen molar-refractivity contribution in [1.82, 2.24) is 19.7 Å². The van der Waals surface area contributed by atoms with Gasteiger partial charge in [0.05, 0.1) is 24.0 Å². The van der Waals surface area contributed by atoms with Crippen LogP contribution in [0.4, 0.5) is 11.6 Å². The Morgan fingerprint density at radius 2 is 1.91 bits per heavy atom. The molecule has 22 heavy (non-hydrogen) atoms. The zero-order chi connectivity index (χ0) is 15.3. The predicted octanol–water partition coefficient (Wildman–Crippen LogP) is 0.691. The van der Waals surface area contributed by atoms with Crippen LogP contribution in [0.5, 0.6) is 0 Å². The minimum absolute atomic E-state index is 0.237. The Morgan fingerprint density at radius 1 is 1.23 bits per heavy atom. The highest BCUT2D eigenvalue weighted by Crippen LogP contribution is 2.37. The zero-order valence-corrected chi connectivity index (χ0v) is 12.8. The standard InChI is InChI=1S/C14H15ClN6O/c1-19-13(22)12(15)11(6-18-19)20-7-9-5-10(8-20)21(9)14-16-3-2-4-17-14/h2-4,6,9-10H,5,7-8H2,1H3. The average molecular weight is 319 g/mol. The Labute approximate surface area is 132 Å². The van der Waals surface area contributed by atoms with E-state index in [9.17, 15) is 4.79 Å². The van der Waals surface area contributed by atoms with E-state index in [2.05, 4.69) is 24.9 Å². The number of nitrogens with zero attached hydrogens (tertiary/aromatic N) is 6. The van der Waals surface area contributed by atoms with Crippen molar-refractivity contribution in [2.45, 2.75) is 18.5 Å². The molecule has 2 aromatic heterocycles. The average Bonchev–Trinajstić information content (AvgIpc) is 2.54. The molecule has 0 aliphatic carbocycles. The molecule has 3 saturated heterocycles. The van der Waals surface area contributed by atoms with Crippen molar-refractivity contribution in [3.05, 3.63) is 40.0 Å². The van der Waals surface area contributed by atoms with Gasteiger partial charge in [-0.05, 0) is 12.5 Å². The maximum Gasteiger partial charge on any atom is 0.287 e. The van der Waals surface area contributed by atoms with Gasteiger partial charge in [0.25, 0.3) is 5.56 Å². The van der Waals surface area contributed by atoms with Gasteiger partial charge in [0.15, 0.2) is 0 Å². The van der Waals surface area contributed by atoms with E-state index < -0.39 is 0 Å². The number of halogens is 1. The SMILES string of the molecule is Cn1ncc(N2CC3CC(C2)N3c2ncccn2)c(Cl)c1=O. The lowest BCUT2D eigenvalue weighted by molar-refractivity contribution is 0.286. The lowest BCUT2D eigenvalue weighted by Gasteiger charge is -2.56. The zero-order valence-electron chi connectivity index (χ0n) is 12.1. The Morgan fingerprint density at radius 3 is 2.59 bits per heavy atom. The van der Waals surface area contributed by atoms with Crippen LogP contribution >= 0.6 is 11.6 Å². The molecule has 0 amide bonds. The first kappa shape index (κ1) is 13.5. The van der Waals surface area contributed by atoms with E-state index in [0.29, 0.717) is 17.8 Å². The molecule has 2 atom stereocenters. The fourth-order valence-corrected chi connectivity index (χ4v) is 3.57. The quantitative estimate of drug-likeness (QED) is 0.811. The van der Waals surface area contributed by atoms with Crippen LogP contribution in [-0.2, 0) is 7.05 Å². The third kappa shape index (κ3) is 1.96. The van der Waals surface area contributed by atoms with E-state index >= 15 is 0 Å². The summed E-state index contributed by atoms with van der Waals surface area (Å²) in [5.41, 5.74) is 0.453. The van der Waals surface area contributed by atoms with Crippen LogP contribution in [0.15, 0.2) is 29.5 Å². The molecule has 5 heterocycles. The molecule has 7 nitrogen and oxygen atoms in total. The maximum absolute atomic E-state index is 11.9. The number of hydrogen-bond donors (Lipinski definition) is 0. The third-order valence-corrected chi connectivity index (χ3v) is 4.73. The van der Waals surface area contributed by atoms with Crippen LogP contribution in [0.25, 0.3) is 0 Å². The first-order valence-corrected chi connectivity index (χ1v) is 7.55. The maximum atomic E-state index is 11.9. The van der Waals surface area contributed by atoms with Gasteiger partial charge in [-0.3, -0.25) is 4.79 Å². The summed E-state index contributed by atoms with van der Waals surface area (Å²) in [4.78, 5) is 25.0. The van der Waals surface area contributed by atoms with Gasteiger partial charge >= 0.3 is 0 Å². The summed E-state index contributed by atoms with van der Waals surface area (Å²) in [7, 11) is 1.60. The highest BCUT2D eigenvalue weighted by Gasteiger charge is 2.46. The molecular formula is C14H15ClN6O. The summed E-state index contributed by atoms with van der Waals surface area (Å²) < 4.78 is 1.25. The Bertz CT molecular complexity index is 752. The molecule has 3 fully saturated rings. The predicted molar refractivity (Wildman–Crippen MR) is 83.4 cm³/mol. The molecule has 3 aliphatic heterocycles. The molecule has 2 unspecified atom stereocenters. The van der Waals surface area contributed by atoms with Crippen molar-refractivity contribution in [2.24, 2.45) is 7.05 Å². The van der Waals surface area contributed by atoms with Crippen molar-refractivity contribution in [2.75, 3.05) is 22.9 Å². The number of hydrogen-bond acceptors (Lipinski definition) is 6. The Balaban J connectivity index is 1.58. The van der Waals surface area contributed by atoms with E-state index in [1.165, 1.54) is 4.68 Å². The molecular weight excluding hydrogens is 304 g/mol. The fraction of sp³-hybridized carbons (Fsp3) is 0.429. The lowest BCUT2D eigenvalue weighted by atomic mass is 9.87. The lowest BCUT2D eigenvalue weighted by Crippen LogP contribution is -2.69. The van der Waals surface area contributed by atoms with Crippen LogP contribution in [0.3, 0.4) is 0 Å². The smallest absolute Gasteiger partial charge is 0.287 e. The van der Waals surface area contributed by atoms with Crippen molar-refractivity contribution in [1.29, 1.82) is 0 Å². The van der Waals surface area contributed by atoms with Crippen LogP contribution in [0.1, 0.15) is 6.42 Å². The molecule has 114 valence electrons. The summed E-state index contributed by atoms with van der Waals surface area (Å²) in [5.74, 6) is 0.775. The molecule has 3 aliphatic rings. The van der Waals surface area contributed by atoms with E-state index in [-0.39, 0.29) is 10.6 Å². The minimum atomic E-state index is -0.262. The Kier molecular flexibility index (Phi) is 3.04. The van der Waals surface area contributed by atoms with E-state index in [0.717, 1.165) is 25.5 Å². The van der Waals surface area contributed by atoms with Gasteiger partial charge in [-0.25, -0.2) is 14.6 Å². The minimum Gasteiger partial charge on any atom is -0.365 e. The first-order chi connectivity index (χ1) is 10.6. The van der Waals surface area contributed by atoms with Crippen molar-refractivity contribution >= 4 is 23.2 Å². The van der Waals surface area contributed by atoms with Crippen LogP contribution in [-0.4, -0.2) is 44.9 Å². The van der Waals surface area contributed by atoms with Gasteiger partial charge in [0.2, 0.25) is 5.95 Å². The largest absolute Gasteiger partial charge is 0.365 e. The summed E-state index contributed by atoms with van der Waals surface area (Å²) in [6, 6.07) is 2.51. The number of piperazine rings is 1. The normalized spacial score (nSPS) is 23.4. The number of anilines is 2. The second-order valence-corrected chi connectivity index (χ2v) is 6.05. The molecule has 0 spiro atoms. The summed E-state index contributed by atoms with van der Waals surface area (Å²) in [6.45, 7) is 1.59. The van der Waals surface area contributed by atoms with Gasteiger partial charge in [0, 0.05) is 32.5 Å². The summed E-state index contributed by atoms with van der Waals surface area (Å²) in [5, 5.41) is 4.31. The highest BCUT2D eigenvalue weighted by atomic mass is 35.5. The van der Waals surface area contributed by atoms with Crippen molar-refractivity contribution in [3.63, 3.8) is 0 Å². The second-order valence-electron chi connectivity index (χ2n) is 5.68. The van der Waals surface area contributed by atoms with Gasteiger partial charge in [-0.15, -0.1) is 0 Å². The fourth-order valence-electron chi connectivity index (χ4n) is 3.28. The molecule has 8 heteroatoms. The number of aromatic nitrogens is 4. The first-order valence-electron chi connectivity index (χ1n) is 7.17. The number of aryl methyl sites for hydroxylation is 1. The molecule has 0 saturated carbocycles. The number of fused-ring (bicyclic) bond motifs is 2. The van der Waals surface area contributed by atoms with Gasteiger partial charge in [-0.2, -0.15) is 5.10 Å². The summed E-state index contributed by atoms with van der Waals surface area (Å²) >= 11 is 6.19. The molecule has 0 N–H and O–H groups in total. The monoisotopic (exact) mass is 318 g/mol. The summed E-state index contributed by atoms with van der Waals surface area (Å²) in [6.07, 6.45) is 6.30. The van der Waals surface area contributed by atoms with E-state index in [4.69, 9.17) is 11.6 Å². The molecule has 0 aromatic carbocycles. The molecule has 0 radical (unpaired) electrons. The van der Waals surface area contributed by atoms with Crippen molar-refractivity contribution < 1.29 is 0 Å². The van der Waals surface area contributed by atoms with E-state index in [1.807, 2.05) is 6.07 Å². The number of rotatable bonds is 2. The van der Waals surface area contributed by atoms with Gasteiger partial charge in [-0.1, -0.05) is 11.6 Å². The second kappa shape index (κ2) is 4.95. The number of piperidine rings is 1. The molecule has 2 bridgehead atoms. The van der Waals surface area contributed by atoms with Crippen LogP contribution in [0, 0.1) is 0 Å². The highest BCUT2D eigenvalue weighted by molar-refractivity contribution is 6.33. The van der Waals surface area contributed by atoms with Crippen molar-refractivity contribution in [3.8, 4) is 0 Å².